The lowest BCUT2D eigenvalue weighted by Crippen LogP contribution is -2.24. The van der Waals surface area contributed by atoms with Crippen molar-refractivity contribution in [1.29, 1.82) is 0 Å². The summed E-state index contributed by atoms with van der Waals surface area (Å²) in [5.74, 6) is 1.82. The highest BCUT2D eigenvalue weighted by molar-refractivity contribution is 7.40. The summed E-state index contributed by atoms with van der Waals surface area (Å²) in [5, 5.41) is 9.44. The Bertz CT molecular complexity index is 1070. The largest absolute Gasteiger partial charge is 0.822 e. The predicted molar refractivity (Wildman–Crippen MR) is 103 cm³/mol. The molecule has 0 spiro atoms. The molecular weight excluding hydrogens is 412 g/mol. The molecule has 3 aromatic rings. The van der Waals surface area contributed by atoms with Gasteiger partial charge in [-0.1, -0.05) is 19.1 Å². The number of aromatic nitrogens is 3. The quantitative estimate of drug-likeness (QED) is 0.558. The highest BCUT2D eigenvalue weighted by Crippen LogP contribution is 2.41. The number of aryl methyl sites for hydroxylation is 1. The van der Waals surface area contributed by atoms with Gasteiger partial charge in [-0.25, -0.2) is 4.39 Å². The van der Waals surface area contributed by atoms with E-state index < -0.39 is 7.82 Å². The van der Waals surface area contributed by atoms with Crippen LogP contribution in [0.25, 0.3) is 10.9 Å². The lowest BCUT2D eigenvalue weighted by Gasteiger charge is -2.36. The minimum absolute atomic E-state index is 0.246. The maximum atomic E-state index is 13.1. The van der Waals surface area contributed by atoms with E-state index in [9.17, 15) is 4.39 Å². The van der Waals surface area contributed by atoms with Crippen LogP contribution >= 0.6 is 7.82 Å². The van der Waals surface area contributed by atoms with Crippen molar-refractivity contribution >= 4 is 18.7 Å². The molecule has 1 fully saturated rings. The third kappa shape index (κ3) is 5.64. The topological polar surface area (TPSA) is 126 Å². The van der Waals surface area contributed by atoms with E-state index in [1.54, 1.807) is 12.1 Å². The summed E-state index contributed by atoms with van der Waals surface area (Å²) in [6.07, 6.45) is 3.09. The summed E-state index contributed by atoms with van der Waals surface area (Å²) in [6.45, 7) is 7.90. The molecule has 8 nitrogen and oxygen atoms in total. The Hall–Kier alpha value is -2.32. The van der Waals surface area contributed by atoms with Crippen LogP contribution in [0.1, 0.15) is 30.2 Å². The van der Waals surface area contributed by atoms with Crippen molar-refractivity contribution < 1.29 is 28.4 Å². The van der Waals surface area contributed by atoms with Gasteiger partial charge in [-0.05, 0) is 55.4 Å². The zero-order chi connectivity index (χ0) is 22.1. The fraction of sp³-hybridized carbons (Fsp3) is 0.400. The van der Waals surface area contributed by atoms with Gasteiger partial charge in [0.1, 0.15) is 17.9 Å². The monoisotopic (exact) mass is 434 g/mol. The van der Waals surface area contributed by atoms with Gasteiger partial charge in [-0.3, -0.25) is 0 Å². The molecule has 0 amide bonds. The second kappa shape index (κ2) is 8.81. The van der Waals surface area contributed by atoms with Crippen molar-refractivity contribution in [3.63, 3.8) is 0 Å². The molecule has 4 rings (SSSR count). The standard InChI is InChI=1S/C20H22FN3O.H3O4P/c1-12-8-16(12)10-24-14(3)13(2)18-9-22-23-20(19(18)24)25-11-15-4-6-17(21)7-5-15;1-5(2,3)4/h4-7,9,12,16H,8,10-11H2,1-3H3;(H3,1,2,3,4)/p-3/t12-,16+;/m0./s1. The van der Waals surface area contributed by atoms with Crippen molar-refractivity contribution in [2.75, 3.05) is 0 Å². The summed E-state index contributed by atoms with van der Waals surface area (Å²) in [5.41, 5.74) is 4.40. The number of ether oxygens (including phenoxy) is 1. The number of hydrogen-bond donors (Lipinski definition) is 0. The maximum Gasteiger partial charge on any atom is 0.258 e. The molecule has 30 heavy (non-hydrogen) atoms. The summed E-state index contributed by atoms with van der Waals surface area (Å²) in [6, 6.07) is 6.33. The normalized spacial score (nSPS) is 18.1. The first-order valence-electron chi connectivity index (χ1n) is 9.46. The number of phosphoric acid groups is 1. The third-order valence-electron chi connectivity index (χ3n) is 5.40. The molecule has 0 aliphatic heterocycles. The van der Waals surface area contributed by atoms with Gasteiger partial charge in [-0.15, -0.1) is 5.10 Å². The van der Waals surface area contributed by atoms with Gasteiger partial charge >= 0.3 is 0 Å². The van der Waals surface area contributed by atoms with E-state index in [4.69, 9.17) is 24.0 Å². The Morgan fingerprint density at radius 3 is 2.40 bits per heavy atom. The van der Waals surface area contributed by atoms with Gasteiger partial charge in [0.2, 0.25) is 0 Å². The van der Waals surface area contributed by atoms with Crippen molar-refractivity contribution in [2.45, 2.75) is 40.3 Å². The number of nitrogens with zero attached hydrogens (tertiary/aromatic N) is 3. The average Bonchev–Trinajstić information content (AvgIpc) is 3.31. The molecule has 2 heterocycles. The van der Waals surface area contributed by atoms with Crippen LogP contribution in [-0.4, -0.2) is 14.8 Å². The molecule has 1 aliphatic carbocycles. The molecule has 1 aliphatic rings. The number of benzene rings is 1. The fourth-order valence-corrected chi connectivity index (χ4v) is 3.41. The second-order valence-corrected chi connectivity index (χ2v) is 8.46. The number of halogens is 1. The molecule has 0 unspecified atom stereocenters. The summed E-state index contributed by atoms with van der Waals surface area (Å²) in [7, 11) is -5.39. The van der Waals surface area contributed by atoms with Crippen molar-refractivity contribution in [2.24, 2.45) is 11.8 Å². The van der Waals surface area contributed by atoms with Crippen LogP contribution in [0.5, 0.6) is 5.88 Å². The number of hydrogen-bond acceptors (Lipinski definition) is 7. The molecular formula is C20H22FN3O5P-3. The zero-order valence-electron chi connectivity index (χ0n) is 16.9. The SMILES string of the molecule is Cc1c(C)n(C[C@H]2C[C@@H]2C)c2c(OCc3ccc(F)cc3)nncc12.O=P([O-])([O-])[O-]. The first-order valence-corrected chi connectivity index (χ1v) is 10.9. The van der Waals surface area contributed by atoms with E-state index in [2.05, 4.69) is 35.5 Å². The Kier molecular flexibility index (Phi) is 6.57. The van der Waals surface area contributed by atoms with Crippen LogP contribution in [0.15, 0.2) is 30.5 Å². The van der Waals surface area contributed by atoms with Gasteiger partial charge in [0, 0.05) is 17.6 Å². The van der Waals surface area contributed by atoms with Crippen molar-refractivity contribution in [3.05, 3.63) is 53.1 Å². The van der Waals surface area contributed by atoms with Gasteiger partial charge in [-0.2, -0.15) is 12.9 Å². The highest BCUT2D eigenvalue weighted by Gasteiger charge is 2.34. The van der Waals surface area contributed by atoms with Crippen molar-refractivity contribution in [1.82, 2.24) is 14.8 Å². The fourth-order valence-electron chi connectivity index (χ4n) is 3.41. The van der Waals surface area contributed by atoms with Gasteiger partial charge in [0.15, 0.2) is 0 Å². The van der Waals surface area contributed by atoms with Crippen LogP contribution < -0.4 is 19.4 Å². The molecule has 10 heteroatoms. The van der Waals surface area contributed by atoms with Crippen LogP contribution in [0, 0.1) is 31.5 Å². The van der Waals surface area contributed by atoms with E-state index in [1.165, 1.54) is 29.8 Å². The zero-order valence-corrected chi connectivity index (χ0v) is 17.8. The minimum Gasteiger partial charge on any atom is -0.822 e. The maximum absolute atomic E-state index is 13.1. The first-order chi connectivity index (χ1) is 14.0. The Balaban J connectivity index is 0.000000461. The average molecular weight is 434 g/mol. The van der Waals surface area contributed by atoms with Gasteiger partial charge < -0.3 is 28.5 Å². The minimum atomic E-state index is -5.39. The summed E-state index contributed by atoms with van der Waals surface area (Å²) in [4.78, 5) is 25.6. The van der Waals surface area contributed by atoms with E-state index in [0.717, 1.165) is 34.8 Å². The highest BCUT2D eigenvalue weighted by atomic mass is 31.2. The molecule has 0 saturated heterocycles. The van der Waals surface area contributed by atoms with Crippen LogP contribution in [-0.2, 0) is 17.7 Å². The van der Waals surface area contributed by atoms with E-state index in [1.807, 2.05) is 6.20 Å². The number of rotatable bonds is 5. The lowest BCUT2D eigenvalue weighted by atomic mass is 10.2. The van der Waals surface area contributed by atoms with Crippen LogP contribution in [0.2, 0.25) is 0 Å². The summed E-state index contributed by atoms with van der Waals surface area (Å²) >= 11 is 0. The Morgan fingerprint density at radius 2 is 1.83 bits per heavy atom. The molecule has 2 aromatic heterocycles. The van der Waals surface area contributed by atoms with Crippen LogP contribution in [0.3, 0.4) is 0 Å². The molecule has 1 saturated carbocycles. The first kappa shape index (κ1) is 22.4. The van der Waals surface area contributed by atoms with E-state index in [-0.39, 0.29) is 5.82 Å². The van der Waals surface area contributed by atoms with Crippen LogP contribution in [0.4, 0.5) is 4.39 Å². The van der Waals surface area contributed by atoms with Gasteiger partial charge in [0.05, 0.1) is 6.20 Å². The molecule has 0 N–H and O–H groups in total. The Morgan fingerprint density at radius 1 is 1.23 bits per heavy atom. The second-order valence-electron chi connectivity index (χ2n) is 7.57. The van der Waals surface area contributed by atoms with E-state index in [0.29, 0.717) is 12.5 Å². The predicted octanol–water partition coefficient (Wildman–Crippen LogP) is 1.60. The van der Waals surface area contributed by atoms with Gasteiger partial charge in [0.25, 0.3) is 5.88 Å². The molecule has 0 radical (unpaired) electrons. The molecule has 0 bridgehead atoms. The molecule has 162 valence electrons. The molecule has 2 atom stereocenters. The lowest BCUT2D eigenvalue weighted by molar-refractivity contribution is -0.432. The third-order valence-corrected chi connectivity index (χ3v) is 5.40. The van der Waals surface area contributed by atoms with E-state index >= 15 is 0 Å². The summed E-state index contributed by atoms with van der Waals surface area (Å²) < 4.78 is 29.9. The Labute approximate surface area is 173 Å². The smallest absolute Gasteiger partial charge is 0.258 e. The van der Waals surface area contributed by atoms with Crippen molar-refractivity contribution in [3.8, 4) is 5.88 Å². The number of fused-ring (bicyclic) bond motifs is 1. The molecule has 1 aromatic carbocycles.